The number of hydrogen-bond acceptors (Lipinski definition) is 3. The Labute approximate surface area is 94.5 Å². The third-order valence-electron chi connectivity index (χ3n) is 2.56. The second kappa shape index (κ2) is 4.88. The van der Waals surface area contributed by atoms with Crippen molar-refractivity contribution in [1.29, 1.82) is 0 Å². The van der Waals surface area contributed by atoms with Gasteiger partial charge in [-0.3, -0.25) is 0 Å². The summed E-state index contributed by atoms with van der Waals surface area (Å²) in [6, 6.07) is 1.86. The van der Waals surface area contributed by atoms with Crippen LogP contribution in [0.1, 0.15) is 30.5 Å². The molecule has 0 bridgehead atoms. The minimum Gasteiger partial charge on any atom is -0.504 e. The first kappa shape index (κ1) is 12.4. The van der Waals surface area contributed by atoms with E-state index >= 15 is 0 Å². The first-order chi connectivity index (χ1) is 7.51. The number of hydrogen-bond donors (Lipinski definition) is 2. The van der Waals surface area contributed by atoms with Crippen LogP contribution in [0.15, 0.2) is 6.07 Å². The summed E-state index contributed by atoms with van der Waals surface area (Å²) in [5.41, 5.74) is 2.41. The van der Waals surface area contributed by atoms with Crippen molar-refractivity contribution in [1.82, 2.24) is 0 Å². The van der Waals surface area contributed by atoms with Crippen LogP contribution in [0.25, 0.3) is 0 Å². The largest absolute Gasteiger partial charge is 0.511 e. The molecule has 1 aromatic carbocycles. The summed E-state index contributed by atoms with van der Waals surface area (Å²) in [7, 11) is 0. The topological polar surface area (TPSA) is 66.8 Å². The summed E-state index contributed by atoms with van der Waals surface area (Å²) < 4.78 is 4.58. The second-order valence-corrected chi connectivity index (χ2v) is 3.58. The molecule has 4 nitrogen and oxygen atoms in total. The zero-order valence-electron chi connectivity index (χ0n) is 9.70. The molecule has 16 heavy (non-hydrogen) atoms. The fourth-order valence-electron chi connectivity index (χ4n) is 1.82. The maximum Gasteiger partial charge on any atom is 0.511 e. The molecule has 0 spiro atoms. The Kier molecular flexibility index (Phi) is 3.77. The predicted octanol–water partition coefficient (Wildman–Crippen LogP) is 2.88. The Hall–Kier alpha value is -1.71. The Bertz CT molecular complexity index is 410. The minimum absolute atomic E-state index is 0.0431. The molecule has 0 aromatic heterocycles. The van der Waals surface area contributed by atoms with E-state index in [4.69, 9.17) is 5.11 Å². The molecule has 0 unspecified atom stereocenters. The summed E-state index contributed by atoms with van der Waals surface area (Å²) in [6.07, 6.45) is 0.0284. The number of benzene rings is 1. The molecule has 0 fully saturated rings. The van der Waals surface area contributed by atoms with Gasteiger partial charge in [-0.1, -0.05) is 19.9 Å². The molecule has 0 radical (unpaired) electrons. The quantitative estimate of drug-likeness (QED) is 0.612. The molecule has 4 heteroatoms. The van der Waals surface area contributed by atoms with Gasteiger partial charge in [-0.05, 0) is 30.9 Å². The molecular weight excluding hydrogens is 208 g/mol. The lowest BCUT2D eigenvalue weighted by molar-refractivity contribution is 0.142. The van der Waals surface area contributed by atoms with Crippen molar-refractivity contribution >= 4 is 6.16 Å². The second-order valence-electron chi connectivity index (χ2n) is 3.58. The molecule has 0 heterocycles. The maximum atomic E-state index is 10.5. The summed E-state index contributed by atoms with van der Waals surface area (Å²) in [6.45, 7) is 5.62. The van der Waals surface area contributed by atoms with Gasteiger partial charge in [-0.2, -0.15) is 0 Å². The Morgan fingerprint density at radius 2 is 2.00 bits per heavy atom. The van der Waals surface area contributed by atoms with E-state index in [-0.39, 0.29) is 11.5 Å². The summed E-state index contributed by atoms with van der Waals surface area (Å²) in [5, 5.41) is 18.5. The number of phenols is 1. The molecular formula is C12H16O4. The smallest absolute Gasteiger partial charge is 0.504 e. The number of carbonyl (C=O) groups is 1. The van der Waals surface area contributed by atoms with Crippen LogP contribution >= 0.6 is 0 Å². The van der Waals surface area contributed by atoms with Crippen LogP contribution in [0.4, 0.5) is 4.79 Å². The van der Waals surface area contributed by atoms with E-state index in [1.165, 1.54) is 0 Å². The number of ether oxygens (including phenoxy) is 1. The van der Waals surface area contributed by atoms with E-state index in [2.05, 4.69) is 4.74 Å². The van der Waals surface area contributed by atoms with Crippen molar-refractivity contribution in [3.05, 3.63) is 22.8 Å². The van der Waals surface area contributed by atoms with Gasteiger partial charge < -0.3 is 14.9 Å². The van der Waals surface area contributed by atoms with Crippen LogP contribution in [0.5, 0.6) is 11.5 Å². The van der Waals surface area contributed by atoms with Gasteiger partial charge in [0.2, 0.25) is 0 Å². The van der Waals surface area contributed by atoms with E-state index in [1.807, 2.05) is 19.9 Å². The van der Waals surface area contributed by atoms with Crippen molar-refractivity contribution in [3.63, 3.8) is 0 Å². The predicted molar refractivity (Wildman–Crippen MR) is 60.3 cm³/mol. The molecule has 0 saturated carbocycles. The van der Waals surface area contributed by atoms with E-state index in [0.717, 1.165) is 17.5 Å². The highest BCUT2D eigenvalue weighted by molar-refractivity contribution is 5.66. The van der Waals surface area contributed by atoms with Gasteiger partial charge in [0, 0.05) is 5.56 Å². The van der Waals surface area contributed by atoms with Crippen molar-refractivity contribution in [2.75, 3.05) is 0 Å². The number of phenolic OH excluding ortho intramolecular Hbond substituents is 1. The third-order valence-corrected chi connectivity index (χ3v) is 2.56. The van der Waals surface area contributed by atoms with Crippen molar-refractivity contribution in [3.8, 4) is 11.5 Å². The maximum absolute atomic E-state index is 10.5. The molecule has 0 saturated heterocycles. The monoisotopic (exact) mass is 224 g/mol. The average molecular weight is 224 g/mol. The molecule has 88 valence electrons. The SMILES string of the molecule is CCc1cc(C)c(OC(=O)O)c(O)c1CC. The lowest BCUT2D eigenvalue weighted by Crippen LogP contribution is -2.06. The van der Waals surface area contributed by atoms with Gasteiger partial charge in [0.05, 0.1) is 0 Å². The van der Waals surface area contributed by atoms with Gasteiger partial charge in [-0.25, -0.2) is 4.79 Å². The van der Waals surface area contributed by atoms with Crippen molar-refractivity contribution in [2.24, 2.45) is 0 Å². The highest BCUT2D eigenvalue weighted by atomic mass is 16.7. The van der Waals surface area contributed by atoms with Crippen LogP contribution in [0.2, 0.25) is 0 Å². The van der Waals surface area contributed by atoms with E-state index in [0.29, 0.717) is 12.0 Å². The first-order valence-electron chi connectivity index (χ1n) is 5.26. The molecule has 1 aromatic rings. The molecule has 0 aliphatic rings. The highest BCUT2D eigenvalue weighted by Crippen LogP contribution is 2.36. The van der Waals surface area contributed by atoms with Crippen molar-refractivity contribution < 1.29 is 19.7 Å². The van der Waals surface area contributed by atoms with Gasteiger partial charge in [0.15, 0.2) is 11.5 Å². The Morgan fingerprint density at radius 1 is 1.38 bits per heavy atom. The third kappa shape index (κ3) is 2.27. The van der Waals surface area contributed by atoms with Gasteiger partial charge in [0.25, 0.3) is 0 Å². The van der Waals surface area contributed by atoms with E-state index < -0.39 is 6.16 Å². The fraction of sp³-hybridized carbons (Fsp3) is 0.417. The van der Waals surface area contributed by atoms with E-state index in [1.54, 1.807) is 6.92 Å². The number of rotatable bonds is 3. The van der Waals surface area contributed by atoms with Crippen LogP contribution < -0.4 is 4.74 Å². The molecule has 0 amide bonds. The lowest BCUT2D eigenvalue weighted by Gasteiger charge is -2.14. The van der Waals surface area contributed by atoms with Crippen LogP contribution in [-0.2, 0) is 12.8 Å². The minimum atomic E-state index is -1.41. The molecule has 0 aliphatic heterocycles. The normalized spacial score (nSPS) is 10.2. The molecule has 0 atom stereocenters. The Balaban J connectivity index is 3.34. The molecule has 2 N–H and O–H groups in total. The van der Waals surface area contributed by atoms with E-state index in [9.17, 15) is 9.90 Å². The zero-order valence-corrected chi connectivity index (χ0v) is 9.70. The fourth-order valence-corrected chi connectivity index (χ4v) is 1.82. The molecule has 1 rings (SSSR count). The average Bonchev–Trinajstić information content (AvgIpc) is 2.23. The zero-order chi connectivity index (χ0) is 12.3. The van der Waals surface area contributed by atoms with Gasteiger partial charge >= 0.3 is 6.16 Å². The standard InChI is InChI=1S/C12H16O4/c1-4-8-6-7(3)11(16-12(14)15)10(13)9(8)5-2/h6,13H,4-5H2,1-3H3,(H,14,15). The van der Waals surface area contributed by atoms with Crippen LogP contribution in [-0.4, -0.2) is 16.4 Å². The number of carboxylic acid groups (broad SMARTS) is 1. The number of aromatic hydroxyl groups is 1. The summed E-state index contributed by atoms with van der Waals surface area (Å²) in [4.78, 5) is 10.5. The number of aryl methyl sites for hydroxylation is 2. The lowest BCUT2D eigenvalue weighted by atomic mass is 9.98. The first-order valence-corrected chi connectivity index (χ1v) is 5.26. The summed E-state index contributed by atoms with van der Waals surface area (Å²) >= 11 is 0. The summed E-state index contributed by atoms with van der Waals surface area (Å²) in [5.74, 6) is -0.0108. The Morgan fingerprint density at radius 3 is 2.44 bits per heavy atom. The van der Waals surface area contributed by atoms with Crippen LogP contribution in [0.3, 0.4) is 0 Å². The molecule has 0 aliphatic carbocycles. The highest BCUT2D eigenvalue weighted by Gasteiger charge is 2.17. The van der Waals surface area contributed by atoms with Gasteiger partial charge in [-0.15, -0.1) is 0 Å². The van der Waals surface area contributed by atoms with Crippen LogP contribution in [0, 0.1) is 6.92 Å². The van der Waals surface area contributed by atoms with Crippen molar-refractivity contribution in [2.45, 2.75) is 33.6 Å². The van der Waals surface area contributed by atoms with Gasteiger partial charge in [0.1, 0.15) is 0 Å².